The first kappa shape index (κ1) is 17.2. The second kappa shape index (κ2) is 7.19. The number of thiazole rings is 1. The maximum absolute atomic E-state index is 12.8. The molecule has 1 aliphatic heterocycles. The Balaban J connectivity index is 1.42. The molecule has 0 saturated carbocycles. The summed E-state index contributed by atoms with van der Waals surface area (Å²) in [6, 6.07) is 7.62. The minimum Gasteiger partial charge on any atom is -0.390 e. The molecular weight excluding hydrogens is 348 g/mol. The van der Waals surface area contributed by atoms with Crippen LogP contribution < -0.4 is 5.32 Å². The number of carbonyl (C=O) groups excluding carboxylic acids is 1. The first-order valence-electron chi connectivity index (χ1n) is 8.74. The molecule has 2 aromatic heterocycles. The predicted octanol–water partition coefficient (Wildman–Crippen LogP) is 2.00. The Labute approximate surface area is 156 Å². The molecule has 1 fully saturated rings. The normalized spacial score (nSPS) is 21.2. The number of nitrogens with zero attached hydrogens (tertiary/aromatic N) is 3. The number of piperidine rings is 1. The molecule has 1 amide bonds. The molecule has 1 aliphatic rings. The van der Waals surface area contributed by atoms with Crippen molar-refractivity contribution in [2.75, 3.05) is 13.1 Å². The number of para-hydroxylation sites is 1. The number of benzene rings is 1. The van der Waals surface area contributed by atoms with Gasteiger partial charge in [-0.05, 0) is 12.5 Å². The summed E-state index contributed by atoms with van der Waals surface area (Å²) in [5, 5.41) is 16.5. The van der Waals surface area contributed by atoms with Crippen LogP contribution in [0.5, 0.6) is 0 Å². The van der Waals surface area contributed by atoms with Crippen molar-refractivity contribution in [3.63, 3.8) is 0 Å². The van der Waals surface area contributed by atoms with E-state index in [1.54, 1.807) is 11.3 Å². The number of carbonyl (C=O) groups is 1. The molecule has 0 aliphatic carbocycles. The van der Waals surface area contributed by atoms with Crippen LogP contribution in [0.25, 0.3) is 10.9 Å². The van der Waals surface area contributed by atoms with Crippen molar-refractivity contribution in [2.45, 2.75) is 25.1 Å². The van der Waals surface area contributed by atoms with Crippen LogP contribution in [-0.2, 0) is 13.6 Å². The Bertz CT molecular complexity index is 906. The predicted molar refractivity (Wildman–Crippen MR) is 102 cm³/mol. The molecule has 1 saturated heterocycles. The largest absolute Gasteiger partial charge is 0.390 e. The van der Waals surface area contributed by atoms with Gasteiger partial charge in [0.2, 0.25) is 0 Å². The smallest absolute Gasteiger partial charge is 0.253 e. The van der Waals surface area contributed by atoms with Crippen LogP contribution in [0.4, 0.5) is 0 Å². The summed E-state index contributed by atoms with van der Waals surface area (Å²) in [5.74, 6) is -0.126. The topological polar surface area (TPSA) is 70.4 Å². The highest BCUT2D eigenvalue weighted by molar-refractivity contribution is 7.07. The molecule has 0 bridgehead atoms. The first-order valence-corrected chi connectivity index (χ1v) is 9.68. The molecular formula is C19H22N4O2S. The average molecular weight is 370 g/mol. The number of hydrogen-bond donors (Lipinski definition) is 2. The zero-order valence-corrected chi connectivity index (χ0v) is 15.4. The van der Waals surface area contributed by atoms with Gasteiger partial charge in [0.25, 0.3) is 5.91 Å². The summed E-state index contributed by atoms with van der Waals surface area (Å²) in [7, 11) is 1.94. The minimum absolute atomic E-state index is 0.126. The zero-order chi connectivity index (χ0) is 18.1. The lowest BCUT2D eigenvalue weighted by Gasteiger charge is -2.35. The van der Waals surface area contributed by atoms with Gasteiger partial charge in [0, 0.05) is 49.2 Å². The Morgan fingerprint density at radius 2 is 2.27 bits per heavy atom. The SMILES string of the molecule is Cn1cc(C(=O)N[C@@H]2CCN(Cc3cscn3)C[C@H]2O)c2ccccc21. The Morgan fingerprint density at radius 3 is 3.04 bits per heavy atom. The molecule has 2 N–H and O–H groups in total. The van der Waals surface area contributed by atoms with E-state index in [9.17, 15) is 9.90 Å². The van der Waals surface area contributed by atoms with Gasteiger partial charge in [-0.15, -0.1) is 11.3 Å². The van der Waals surface area contributed by atoms with Crippen LogP contribution in [0.1, 0.15) is 22.5 Å². The van der Waals surface area contributed by atoms with Gasteiger partial charge in [-0.2, -0.15) is 0 Å². The van der Waals surface area contributed by atoms with E-state index in [0.29, 0.717) is 12.1 Å². The van der Waals surface area contributed by atoms with E-state index in [1.807, 2.05) is 53.0 Å². The number of aryl methyl sites for hydroxylation is 1. The van der Waals surface area contributed by atoms with Gasteiger partial charge in [0.1, 0.15) is 0 Å². The number of likely N-dealkylation sites (tertiary alicyclic amines) is 1. The summed E-state index contributed by atoms with van der Waals surface area (Å²) in [6.45, 7) is 2.11. The molecule has 0 unspecified atom stereocenters. The molecule has 0 spiro atoms. The van der Waals surface area contributed by atoms with Gasteiger partial charge in [0.15, 0.2) is 0 Å². The summed E-state index contributed by atoms with van der Waals surface area (Å²) in [6.07, 6.45) is 1.99. The number of nitrogens with one attached hydrogen (secondary N) is 1. The number of β-amino-alcohol motifs (C(OH)–C–C–N with tert-alkyl or cyclic N) is 1. The summed E-state index contributed by atoms with van der Waals surface area (Å²) < 4.78 is 1.96. The highest BCUT2D eigenvalue weighted by atomic mass is 32.1. The third-order valence-corrected chi connectivity index (χ3v) is 5.63. The number of aliphatic hydroxyl groups excluding tert-OH is 1. The third-order valence-electron chi connectivity index (χ3n) is 4.99. The lowest BCUT2D eigenvalue weighted by atomic mass is 10.0. The van der Waals surface area contributed by atoms with Crippen molar-refractivity contribution < 1.29 is 9.90 Å². The number of fused-ring (bicyclic) bond motifs is 1. The van der Waals surface area contributed by atoms with Crippen LogP contribution in [0.3, 0.4) is 0 Å². The monoisotopic (exact) mass is 370 g/mol. The number of hydrogen-bond acceptors (Lipinski definition) is 5. The lowest BCUT2D eigenvalue weighted by Crippen LogP contribution is -2.53. The van der Waals surface area contributed by atoms with Crippen molar-refractivity contribution in [1.29, 1.82) is 0 Å². The maximum Gasteiger partial charge on any atom is 0.253 e. The molecule has 2 atom stereocenters. The van der Waals surface area contributed by atoms with E-state index in [4.69, 9.17) is 0 Å². The van der Waals surface area contributed by atoms with Gasteiger partial charge < -0.3 is 15.0 Å². The molecule has 4 rings (SSSR count). The van der Waals surface area contributed by atoms with E-state index in [2.05, 4.69) is 15.2 Å². The summed E-state index contributed by atoms with van der Waals surface area (Å²) in [5.41, 5.74) is 4.53. The van der Waals surface area contributed by atoms with Crippen LogP contribution >= 0.6 is 11.3 Å². The summed E-state index contributed by atoms with van der Waals surface area (Å²) in [4.78, 5) is 19.2. The fraction of sp³-hybridized carbons (Fsp3) is 0.368. The second-order valence-corrected chi connectivity index (χ2v) is 7.54. The van der Waals surface area contributed by atoms with Crippen LogP contribution in [0.2, 0.25) is 0 Å². The van der Waals surface area contributed by atoms with E-state index in [-0.39, 0.29) is 11.9 Å². The van der Waals surface area contributed by atoms with Crippen LogP contribution in [-0.4, -0.2) is 50.7 Å². The maximum atomic E-state index is 12.8. The molecule has 3 aromatic rings. The average Bonchev–Trinajstić information content (AvgIpc) is 3.26. The van der Waals surface area contributed by atoms with Crippen molar-refractivity contribution in [1.82, 2.24) is 19.8 Å². The van der Waals surface area contributed by atoms with Crippen LogP contribution in [0.15, 0.2) is 41.4 Å². The van der Waals surface area contributed by atoms with Crippen LogP contribution in [0, 0.1) is 0 Å². The van der Waals surface area contributed by atoms with E-state index >= 15 is 0 Å². The standard InChI is InChI=1S/C19H22N4O2S/c1-22-9-15(14-4-2-3-5-17(14)22)19(25)21-16-6-7-23(10-18(16)24)8-13-11-26-12-20-13/h2-5,9,11-12,16,18,24H,6-8,10H2,1H3,(H,21,25)/t16-,18-/m1/s1. The molecule has 136 valence electrons. The van der Waals surface area contributed by atoms with Crippen molar-refractivity contribution in [3.8, 4) is 0 Å². The molecule has 6 nitrogen and oxygen atoms in total. The van der Waals surface area contributed by atoms with Gasteiger partial charge in [-0.1, -0.05) is 18.2 Å². The molecule has 3 heterocycles. The first-order chi connectivity index (χ1) is 12.6. The lowest BCUT2D eigenvalue weighted by molar-refractivity contribution is 0.0346. The van der Waals surface area contributed by atoms with Gasteiger partial charge in [-0.3, -0.25) is 9.69 Å². The van der Waals surface area contributed by atoms with Crippen molar-refractivity contribution in [3.05, 3.63) is 52.6 Å². The fourth-order valence-electron chi connectivity index (χ4n) is 3.62. The zero-order valence-electron chi connectivity index (χ0n) is 14.6. The number of aromatic nitrogens is 2. The van der Waals surface area contributed by atoms with Gasteiger partial charge in [0.05, 0.1) is 28.9 Å². The van der Waals surface area contributed by atoms with Crippen molar-refractivity contribution >= 4 is 28.1 Å². The number of amides is 1. The Hall–Kier alpha value is -2.22. The Kier molecular flexibility index (Phi) is 4.76. The quantitative estimate of drug-likeness (QED) is 0.737. The minimum atomic E-state index is -0.582. The second-order valence-electron chi connectivity index (χ2n) is 6.82. The van der Waals surface area contributed by atoms with E-state index in [1.165, 1.54) is 0 Å². The van der Waals surface area contributed by atoms with Crippen molar-refractivity contribution in [2.24, 2.45) is 7.05 Å². The molecule has 7 heteroatoms. The number of aliphatic hydroxyl groups is 1. The molecule has 26 heavy (non-hydrogen) atoms. The summed E-state index contributed by atoms with van der Waals surface area (Å²) >= 11 is 1.58. The Morgan fingerprint density at radius 1 is 1.42 bits per heavy atom. The van der Waals surface area contributed by atoms with Gasteiger partial charge in [-0.25, -0.2) is 4.98 Å². The van der Waals surface area contributed by atoms with Gasteiger partial charge >= 0.3 is 0 Å². The fourth-order valence-corrected chi connectivity index (χ4v) is 4.17. The van der Waals surface area contributed by atoms with E-state index < -0.39 is 6.10 Å². The highest BCUT2D eigenvalue weighted by Gasteiger charge is 2.29. The molecule has 0 radical (unpaired) electrons. The third kappa shape index (κ3) is 3.38. The highest BCUT2D eigenvalue weighted by Crippen LogP contribution is 2.21. The molecule has 1 aromatic carbocycles. The van der Waals surface area contributed by atoms with E-state index in [0.717, 1.165) is 36.1 Å². The number of rotatable bonds is 4.